The minimum absolute atomic E-state index is 0.216. The minimum atomic E-state index is -3.54. The smallest absolute Gasteiger partial charge is 0.240 e. The molecule has 0 radical (unpaired) electrons. The van der Waals surface area contributed by atoms with Gasteiger partial charge in [0.2, 0.25) is 10.0 Å². The van der Waals surface area contributed by atoms with E-state index < -0.39 is 10.0 Å². The largest absolute Gasteiger partial charge is 0.242 e. The van der Waals surface area contributed by atoms with Gasteiger partial charge in [-0.15, -0.1) is 0 Å². The van der Waals surface area contributed by atoms with E-state index in [-0.39, 0.29) is 11.4 Å². The lowest BCUT2D eigenvalue weighted by Crippen LogP contribution is -2.23. The van der Waals surface area contributed by atoms with E-state index in [0.29, 0.717) is 0 Å². The molecule has 0 spiro atoms. The van der Waals surface area contributed by atoms with E-state index in [0.717, 1.165) is 28.1 Å². The van der Waals surface area contributed by atoms with Crippen molar-refractivity contribution in [2.75, 3.05) is 0 Å². The van der Waals surface area contributed by atoms with E-state index in [1.54, 1.807) is 18.2 Å². The molecule has 1 heterocycles. The number of rotatable bonds is 5. The lowest BCUT2D eigenvalue weighted by Gasteiger charge is -2.09. The molecule has 3 rings (SSSR count). The summed E-state index contributed by atoms with van der Waals surface area (Å²) >= 11 is 0. The SMILES string of the molecule is Cc1cccc(S(=O)(=O)NCc2cccc(-c3cc(C)ncn3)c2)c1. The van der Waals surface area contributed by atoms with Crippen LogP contribution in [0.1, 0.15) is 16.8 Å². The second kappa shape index (κ2) is 7.13. The van der Waals surface area contributed by atoms with Crippen molar-refractivity contribution < 1.29 is 8.42 Å². The van der Waals surface area contributed by atoms with Crippen molar-refractivity contribution in [3.63, 3.8) is 0 Å². The third-order valence-corrected chi connectivity index (χ3v) is 5.19. The third-order valence-electron chi connectivity index (χ3n) is 3.79. The molecule has 128 valence electrons. The van der Waals surface area contributed by atoms with Crippen LogP contribution in [-0.2, 0) is 16.6 Å². The normalized spacial score (nSPS) is 11.4. The molecule has 0 fully saturated rings. The van der Waals surface area contributed by atoms with Crippen LogP contribution in [0.15, 0.2) is 65.8 Å². The molecule has 0 unspecified atom stereocenters. The fraction of sp³-hybridized carbons (Fsp3) is 0.158. The summed E-state index contributed by atoms with van der Waals surface area (Å²) < 4.78 is 27.5. The highest BCUT2D eigenvalue weighted by Gasteiger charge is 2.13. The molecule has 0 saturated heterocycles. The monoisotopic (exact) mass is 353 g/mol. The number of hydrogen-bond acceptors (Lipinski definition) is 4. The zero-order valence-corrected chi connectivity index (χ0v) is 14.9. The molecule has 6 heteroatoms. The van der Waals surface area contributed by atoms with Crippen molar-refractivity contribution in [2.24, 2.45) is 0 Å². The van der Waals surface area contributed by atoms with Gasteiger partial charge in [-0.1, -0.05) is 30.3 Å². The number of nitrogens with one attached hydrogen (secondary N) is 1. The van der Waals surface area contributed by atoms with Gasteiger partial charge in [0.15, 0.2) is 0 Å². The van der Waals surface area contributed by atoms with Crippen LogP contribution >= 0.6 is 0 Å². The molecule has 0 aliphatic rings. The lowest BCUT2D eigenvalue weighted by molar-refractivity contribution is 0.581. The Hall–Kier alpha value is -2.57. The van der Waals surface area contributed by atoms with E-state index >= 15 is 0 Å². The van der Waals surface area contributed by atoms with Crippen molar-refractivity contribution in [3.05, 3.63) is 77.7 Å². The first-order valence-electron chi connectivity index (χ1n) is 7.88. The average molecular weight is 353 g/mol. The van der Waals surface area contributed by atoms with Gasteiger partial charge >= 0.3 is 0 Å². The van der Waals surface area contributed by atoms with Crippen molar-refractivity contribution in [3.8, 4) is 11.3 Å². The Bertz CT molecular complexity index is 1000. The van der Waals surface area contributed by atoms with E-state index in [4.69, 9.17) is 0 Å². The Morgan fingerprint density at radius 3 is 2.52 bits per heavy atom. The first kappa shape index (κ1) is 17.3. The van der Waals surface area contributed by atoms with Crippen LogP contribution in [0.3, 0.4) is 0 Å². The van der Waals surface area contributed by atoms with E-state index in [2.05, 4.69) is 14.7 Å². The molecular weight excluding hydrogens is 334 g/mol. The summed E-state index contributed by atoms with van der Waals surface area (Å²) in [5.74, 6) is 0. The molecule has 3 aromatic rings. The number of aromatic nitrogens is 2. The van der Waals surface area contributed by atoms with E-state index in [9.17, 15) is 8.42 Å². The van der Waals surface area contributed by atoms with Gasteiger partial charge in [0.1, 0.15) is 6.33 Å². The third kappa shape index (κ3) is 4.29. The lowest BCUT2D eigenvalue weighted by atomic mass is 10.1. The Kier molecular flexibility index (Phi) is 4.92. The summed E-state index contributed by atoms with van der Waals surface area (Å²) in [6, 6.07) is 16.4. The van der Waals surface area contributed by atoms with Crippen molar-refractivity contribution in [1.82, 2.24) is 14.7 Å². The molecule has 1 aromatic heterocycles. The molecular formula is C19H19N3O2S. The molecule has 0 bridgehead atoms. The number of hydrogen-bond donors (Lipinski definition) is 1. The zero-order chi connectivity index (χ0) is 17.9. The molecule has 0 saturated carbocycles. The maximum atomic E-state index is 12.4. The standard InChI is InChI=1S/C19H19N3O2S/c1-14-5-3-8-18(9-14)25(23,24)22-12-16-6-4-7-17(11-16)19-10-15(2)20-13-21-19/h3-11,13,22H,12H2,1-2H3. The quantitative estimate of drug-likeness (QED) is 0.764. The van der Waals surface area contributed by atoms with Crippen LogP contribution in [0.2, 0.25) is 0 Å². The molecule has 0 aliphatic heterocycles. The summed E-state index contributed by atoms with van der Waals surface area (Å²) in [6.45, 7) is 3.99. The van der Waals surface area contributed by atoms with Gasteiger partial charge in [-0.3, -0.25) is 0 Å². The first-order chi connectivity index (χ1) is 11.9. The van der Waals surface area contributed by atoms with Gasteiger partial charge in [0.05, 0.1) is 10.6 Å². The molecule has 2 aromatic carbocycles. The number of nitrogens with zero attached hydrogens (tertiary/aromatic N) is 2. The number of aryl methyl sites for hydroxylation is 2. The van der Waals surface area contributed by atoms with E-state index in [1.807, 2.05) is 50.2 Å². The topological polar surface area (TPSA) is 72.0 Å². The summed E-state index contributed by atoms with van der Waals surface area (Å²) in [5.41, 5.74) is 4.40. The van der Waals surface area contributed by atoms with Crippen molar-refractivity contribution in [1.29, 1.82) is 0 Å². The number of sulfonamides is 1. The molecule has 0 aliphatic carbocycles. The van der Waals surface area contributed by atoms with Gasteiger partial charge in [-0.25, -0.2) is 23.1 Å². The Balaban J connectivity index is 1.79. The van der Waals surface area contributed by atoms with Gasteiger partial charge in [0.25, 0.3) is 0 Å². The molecule has 0 amide bonds. The highest BCUT2D eigenvalue weighted by Crippen LogP contribution is 2.19. The molecule has 0 atom stereocenters. The summed E-state index contributed by atoms with van der Waals surface area (Å²) in [5, 5.41) is 0. The zero-order valence-electron chi connectivity index (χ0n) is 14.1. The second-order valence-electron chi connectivity index (χ2n) is 5.89. The minimum Gasteiger partial charge on any atom is -0.242 e. The molecule has 25 heavy (non-hydrogen) atoms. The highest BCUT2D eigenvalue weighted by molar-refractivity contribution is 7.89. The van der Waals surface area contributed by atoms with Crippen molar-refractivity contribution >= 4 is 10.0 Å². The van der Waals surface area contributed by atoms with Crippen molar-refractivity contribution in [2.45, 2.75) is 25.3 Å². The Morgan fingerprint density at radius 1 is 0.960 bits per heavy atom. The maximum absolute atomic E-state index is 12.4. The Morgan fingerprint density at radius 2 is 1.76 bits per heavy atom. The fourth-order valence-corrected chi connectivity index (χ4v) is 3.62. The Labute approximate surface area is 147 Å². The fourth-order valence-electron chi connectivity index (χ4n) is 2.50. The highest BCUT2D eigenvalue weighted by atomic mass is 32.2. The summed E-state index contributed by atoms with van der Waals surface area (Å²) in [6.07, 6.45) is 1.53. The van der Waals surface area contributed by atoms with Crippen LogP contribution < -0.4 is 4.72 Å². The van der Waals surface area contributed by atoms with Gasteiger partial charge < -0.3 is 0 Å². The maximum Gasteiger partial charge on any atom is 0.240 e. The predicted octanol–water partition coefficient (Wildman–Crippen LogP) is 3.24. The van der Waals surface area contributed by atoms with Crippen LogP contribution in [0.25, 0.3) is 11.3 Å². The van der Waals surface area contributed by atoms with Gasteiger partial charge in [-0.05, 0) is 49.2 Å². The predicted molar refractivity (Wildman–Crippen MR) is 97.4 cm³/mol. The van der Waals surface area contributed by atoms with Gasteiger partial charge in [-0.2, -0.15) is 0 Å². The summed E-state index contributed by atoms with van der Waals surface area (Å²) in [7, 11) is -3.54. The second-order valence-corrected chi connectivity index (χ2v) is 7.65. The average Bonchev–Trinajstić information content (AvgIpc) is 2.60. The van der Waals surface area contributed by atoms with Crippen LogP contribution in [0.5, 0.6) is 0 Å². The van der Waals surface area contributed by atoms with Crippen LogP contribution in [0, 0.1) is 13.8 Å². The van der Waals surface area contributed by atoms with Crippen LogP contribution in [0.4, 0.5) is 0 Å². The summed E-state index contributed by atoms with van der Waals surface area (Å²) in [4.78, 5) is 8.63. The van der Waals surface area contributed by atoms with Gasteiger partial charge in [0, 0.05) is 17.8 Å². The van der Waals surface area contributed by atoms with E-state index in [1.165, 1.54) is 6.33 Å². The first-order valence-corrected chi connectivity index (χ1v) is 9.37. The number of benzene rings is 2. The van der Waals surface area contributed by atoms with Crippen LogP contribution in [-0.4, -0.2) is 18.4 Å². The molecule has 5 nitrogen and oxygen atoms in total. The molecule has 1 N–H and O–H groups in total.